The van der Waals surface area contributed by atoms with Gasteiger partial charge in [-0.3, -0.25) is 9.59 Å². The summed E-state index contributed by atoms with van der Waals surface area (Å²) in [7, 11) is 0. The van der Waals surface area contributed by atoms with Gasteiger partial charge in [0.05, 0.1) is 6.54 Å². The standard InChI is InChI=1S/C13H25N3O2/c1-9(2)10(3)15-13(18)8-14-7-6-12(17)16-11-4-5-11/h9-11,14H,4-8H2,1-3H3,(H,15,18)(H,16,17). The fourth-order valence-electron chi connectivity index (χ4n) is 1.40. The van der Waals surface area contributed by atoms with Crippen molar-refractivity contribution in [1.29, 1.82) is 0 Å². The Bertz CT molecular complexity index is 288. The number of carbonyl (C=O) groups is 2. The van der Waals surface area contributed by atoms with Crippen molar-refractivity contribution in [3.63, 3.8) is 0 Å². The van der Waals surface area contributed by atoms with Gasteiger partial charge in [0.15, 0.2) is 0 Å². The predicted octanol–water partition coefficient (Wildman–Crippen LogP) is 0.405. The molecule has 1 saturated carbocycles. The molecule has 18 heavy (non-hydrogen) atoms. The first kappa shape index (κ1) is 15.0. The van der Waals surface area contributed by atoms with E-state index in [-0.39, 0.29) is 24.4 Å². The summed E-state index contributed by atoms with van der Waals surface area (Å²) in [5.41, 5.74) is 0. The average Bonchev–Trinajstić information content (AvgIpc) is 3.08. The van der Waals surface area contributed by atoms with Crippen LogP contribution in [0.3, 0.4) is 0 Å². The van der Waals surface area contributed by atoms with Crippen molar-refractivity contribution < 1.29 is 9.59 Å². The Morgan fingerprint density at radius 3 is 2.39 bits per heavy atom. The lowest BCUT2D eigenvalue weighted by atomic mass is 10.1. The predicted molar refractivity (Wildman–Crippen MR) is 71.1 cm³/mol. The number of carbonyl (C=O) groups excluding carboxylic acids is 2. The Labute approximate surface area is 109 Å². The fraction of sp³-hybridized carbons (Fsp3) is 0.846. The van der Waals surface area contributed by atoms with E-state index in [1.165, 1.54) is 0 Å². The van der Waals surface area contributed by atoms with Crippen LogP contribution in [0.15, 0.2) is 0 Å². The third kappa shape index (κ3) is 6.59. The van der Waals surface area contributed by atoms with E-state index in [4.69, 9.17) is 0 Å². The maximum Gasteiger partial charge on any atom is 0.234 e. The number of nitrogens with one attached hydrogen (secondary N) is 3. The lowest BCUT2D eigenvalue weighted by Gasteiger charge is -2.17. The fourth-order valence-corrected chi connectivity index (χ4v) is 1.40. The van der Waals surface area contributed by atoms with Gasteiger partial charge in [-0.05, 0) is 25.7 Å². The number of hydrogen-bond acceptors (Lipinski definition) is 3. The summed E-state index contributed by atoms with van der Waals surface area (Å²) in [4.78, 5) is 22.9. The molecule has 0 aromatic carbocycles. The Morgan fingerprint density at radius 1 is 1.17 bits per heavy atom. The molecule has 0 saturated heterocycles. The van der Waals surface area contributed by atoms with Gasteiger partial charge >= 0.3 is 0 Å². The Morgan fingerprint density at radius 2 is 1.83 bits per heavy atom. The highest BCUT2D eigenvalue weighted by molar-refractivity contribution is 5.79. The van der Waals surface area contributed by atoms with Gasteiger partial charge in [0, 0.05) is 25.0 Å². The SMILES string of the molecule is CC(C)C(C)NC(=O)CNCCC(=O)NC1CC1. The number of hydrogen-bond donors (Lipinski definition) is 3. The molecule has 0 aromatic heterocycles. The van der Waals surface area contributed by atoms with Crippen LogP contribution in [-0.2, 0) is 9.59 Å². The van der Waals surface area contributed by atoms with E-state index in [9.17, 15) is 9.59 Å². The average molecular weight is 255 g/mol. The molecule has 5 nitrogen and oxygen atoms in total. The second-order valence-electron chi connectivity index (χ2n) is 5.37. The minimum atomic E-state index is -0.0150. The van der Waals surface area contributed by atoms with Crippen LogP contribution in [0.5, 0.6) is 0 Å². The number of amides is 2. The minimum Gasteiger partial charge on any atom is -0.353 e. The van der Waals surface area contributed by atoms with Crippen molar-refractivity contribution in [3.8, 4) is 0 Å². The van der Waals surface area contributed by atoms with Gasteiger partial charge in [0.2, 0.25) is 11.8 Å². The van der Waals surface area contributed by atoms with Crippen LogP contribution < -0.4 is 16.0 Å². The minimum absolute atomic E-state index is 0.0150. The van der Waals surface area contributed by atoms with Gasteiger partial charge in [-0.2, -0.15) is 0 Å². The molecule has 3 N–H and O–H groups in total. The largest absolute Gasteiger partial charge is 0.353 e. The molecule has 1 aliphatic carbocycles. The Kier molecular flexibility index (Phi) is 6.12. The van der Waals surface area contributed by atoms with Crippen LogP contribution in [0.1, 0.15) is 40.0 Å². The highest BCUT2D eigenvalue weighted by Crippen LogP contribution is 2.18. The summed E-state index contributed by atoms with van der Waals surface area (Å²) in [6, 6.07) is 0.588. The van der Waals surface area contributed by atoms with Crippen LogP contribution in [0.25, 0.3) is 0 Å². The van der Waals surface area contributed by atoms with Gasteiger partial charge in [0.1, 0.15) is 0 Å². The van der Waals surface area contributed by atoms with Crippen LogP contribution in [0.2, 0.25) is 0 Å². The lowest BCUT2D eigenvalue weighted by Crippen LogP contribution is -2.42. The van der Waals surface area contributed by atoms with E-state index in [0.29, 0.717) is 24.9 Å². The third-order valence-electron chi connectivity index (χ3n) is 3.15. The van der Waals surface area contributed by atoms with Crippen molar-refractivity contribution in [1.82, 2.24) is 16.0 Å². The molecule has 1 atom stereocenters. The molecule has 0 radical (unpaired) electrons. The molecule has 104 valence electrons. The molecule has 1 rings (SSSR count). The first-order valence-electron chi connectivity index (χ1n) is 6.78. The van der Waals surface area contributed by atoms with Crippen LogP contribution in [0.4, 0.5) is 0 Å². The summed E-state index contributed by atoms with van der Waals surface area (Å²) in [6.07, 6.45) is 2.65. The normalized spacial score (nSPS) is 16.4. The molecule has 0 spiro atoms. The number of rotatable bonds is 8. The second-order valence-corrected chi connectivity index (χ2v) is 5.37. The van der Waals surface area contributed by atoms with E-state index >= 15 is 0 Å². The summed E-state index contributed by atoms with van der Waals surface area (Å²) in [6.45, 7) is 6.95. The van der Waals surface area contributed by atoms with Crippen LogP contribution in [-0.4, -0.2) is 37.0 Å². The van der Waals surface area contributed by atoms with E-state index < -0.39 is 0 Å². The van der Waals surface area contributed by atoms with Crippen molar-refractivity contribution in [2.24, 2.45) is 5.92 Å². The molecule has 0 aromatic rings. The monoisotopic (exact) mass is 255 g/mol. The highest BCUT2D eigenvalue weighted by atomic mass is 16.2. The second kappa shape index (κ2) is 7.36. The summed E-state index contributed by atoms with van der Waals surface area (Å²) < 4.78 is 0. The maximum atomic E-state index is 11.5. The zero-order valence-corrected chi connectivity index (χ0v) is 11.6. The van der Waals surface area contributed by atoms with E-state index in [2.05, 4.69) is 29.8 Å². The van der Waals surface area contributed by atoms with Gasteiger partial charge in [-0.25, -0.2) is 0 Å². The van der Waals surface area contributed by atoms with Crippen molar-refractivity contribution in [2.75, 3.05) is 13.1 Å². The first-order chi connectivity index (χ1) is 8.49. The van der Waals surface area contributed by atoms with E-state index in [0.717, 1.165) is 12.8 Å². The first-order valence-corrected chi connectivity index (χ1v) is 6.78. The molecule has 1 aliphatic rings. The zero-order chi connectivity index (χ0) is 13.5. The molecule has 5 heteroatoms. The Hall–Kier alpha value is -1.10. The van der Waals surface area contributed by atoms with Crippen molar-refractivity contribution >= 4 is 11.8 Å². The molecule has 0 aliphatic heterocycles. The van der Waals surface area contributed by atoms with E-state index in [1.807, 2.05) is 6.92 Å². The summed E-state index contributed by atoms with van der Waals surface area (Å²) in [5, 5.41) is 8.80. The zero-order valence-electron chi connectivity index (χ0n) is 11.6. The summed E-state index contributed by atoms with van der Waals surface area (Å²) >= 11 is 0. The maximum absolute atomic E-state index is 11.5. The highest BCUT2D eigenvalue weighted by Gasteiger charge is 2.22. The topological polar surface area (TPSA) is 70.2 Å². The Balaban J connectivity index is 1.99. The molecular formula is C13H25N3O2. The lowest BCUT2D eigenvalue weighted by molar-refractivity contribution is -0.122. The molecule has 2 amide bonds. The molecule has 0 bridgehead atoms. The van der Waals surface area contributed by atoms with Crippen LogP contribution >= 0.6 is 0 Å². The van der Waals surface area contributed by atoms with Crippen molar-refractivity contribution in [2.45, 2.75) is 52.1 Å². The van der Waals surface area contributed by atoms with E-state index in [1.54, 1.807) is 0 Å². The summed E-state index contributed by atoms with van der Waals surface area (Å²) in [5.74, 6) is 0.484. The van der Waals surface area contributed by atoms with Gasteiger partial charge in [-0.15, -0.1) is 0 Å². The third-order valence-corrected chi connectivity index (χ3v) is 3.15. The van der Waals surface area contributed by atoms with Crippen LogP contribution in [0, 0.1) is 5.92 Å². The molecule has 1 fully saturated rings. The quantitative estimate of drug-likeness (QED) is 0.550. The van der Waals surface area contributed by atoms with Gasteiger partial charge in [-0.1, -0.05) is 13.8 Å². The van der Waals surface area contributed by atoms with Gasteiger partial charge < -0.3 is 16.0 Å². The molecule has 1 unspecified atom stereocenters. The molecule has 0 heterocycles. The molecular weight excluding hydrogens is 230 g/mol. The van der Waals surface area contributed by atoms with Gasteiger partial charge in [0.25, 0.3) is 0 Å². The van der Waals surface area contributed by atoms with Crippen molar-refractivity contribution in [3.05, 3.63) is 0 Å². The smallest absolute Gasteiger partial charge is 0.234 e.